The zero-order valence-electron chi connectivity index (χ0n) is 11.5. The Morgan fingerprint density at radius 2 is 1.80 bits per heavy atom. The van der Waals surface area contributed by atoms with Crippen LogP contribution in [0, 0.1) is 0 Å². The van der Waals surface area contributed by atoms with Crippen LogP contribution in [-0.2, 0) is 4.74 Å². The molecular weight excluding hydrogens is 246 g/mol. The van der Waals surface area contributed by atoms with Gasteiger partial charge in [-0.2, -0.15) is 0 Å². The molecule has 0 N–H and O–H groups in total. The lowest BCUT2D eigenvalue weighted by molar-refractivity contribution is 0.166. The first kappa shape index (κ1) is 12.5. The molecule has 3 aromatic rings. The van der Waals surface area contributed by atoms with Crippen LogP contribution < -0.4 is 0 Å². The van der Waals surface area contributed by atoms with Crippen molar-refractivity contribution in [1.29, 1.82) is 0 Å². The van der Waals surface area contributed by atoms with Crippen LogP contribution in [0.3, 0.4) is 0 Å². The van der Waals surface area contributed by atoms with Crippen LogP contribution in [0.25, 0.3) is 28.0 Å². The summed E-state index contributed by atoms with van der Waals surface area (Å²) in [5.41, 5.74) is 3.45. The molecular formula is C18H17NO. The molecule has 0 aliphatic heterocycles. The summed E-state index contributed by atoms with van der Waals surface area (Å²) in [5.74, 6) is 0. The maximum absolute atomic E-state index is 5.55. The number of hydrogen-bond acceptors (Lipinski definition) is 1. The van der Waals surface area contributed by atoms with Gasteiger partial charge in [-0.05, 0) is 13.0 Å². The number of ether oxygens (including phenoxy) is 1. The van der Waals surface area contributed by atoms with E-state index in [4.69, 9.17) is 4.74 Å². The van der Waals surface area contributed by atoms with Crippen LogP contribution in [0.15, 0.2) is 61.9 Å². The highest BCUT2D eigenvalue weighted by Gasteiger charge is 2.15. The number of benzene rings is 2. The Labute approximate surface area is 118 Å². The van der Waals surface area contributed by atoms with E-state index in [0.717, 1.165) is 16.6 Å². The van der Waals surface area contributed by atoms with Crippen molar-refractivity contribution in [3.05, 3.63) is 67.4 Å². The van der Waals surface area contributed by atoms with Crippen molar-refractivity contribution in [3.63, 3.8) is 0 Å². The highest BCUT2D eigenvalue weighted by Crippen LogP contribution is 2.34. The number of rotatable bonds is 4. The van der Waals surface area contributed by atoms with E-state index in [0.29, 0.717) is 0 Å². The summed E-state index contributed by atoms with van der Waals surface area (Å²) in [4.78, 5) is 0. The van der Waals surface area contributed by atoms with E-state index >= 15 is 0 Å². The first-order chi connectivity index (χ1) is 9.77. The van der Waals surface area contributed by atoms with Crippen LogP contribution in [-0.4, -0.2) is 4.57 Å². The average Bonchev–Trinajstić information content (AvgIpc) is 2.81. The van der Waals surface area contributed by atoms with Gasteiger partial charge in [0.25, 0.3) is 0 Å². The van der Waals surface area contributed by atoms with E-state index in [9.17, 15) is 0 Å². The van der Waals surface area contributed by atoms with Crippen molar-refractivity contribution in [3.8, 4) is 0 Å². The molecule has 0 aliphatic rings. The molecule has 0 amide bonds. The molecule has 1 atom stereocenters. The Balaban J connectivity index is 2.44. The molecule has 0 spiro atoms. The monoisotopic (exact) mass is 263 g/mol. The van der Waals surface area contributed by atoms with Gasteiger partial charge in [0.1, 0.15) is 6.10 Å². The standard InChI is InChI=1S/C18H17NO/c1-4-19-17-12-7-6-9-15(17)16-11-8-10-14(18(16)19)13(3)20-5-2/h4-13H,1-2H2,3H3. The fourth-order valence-electron chi connectivity index (χ4n) is 2.81. The Morgan fingerprint density at radius 3 is 2.55 bits per heavy atom. The summed E-state index contributed by atoms with van der Waals surface area (Å²) in [7, 11) is 0. The Bertz CT molecular complexity index is 798. The maximum Gasteiger partial charge on any atom is 0.122 e. The third-order valence-electron chi connectivity index (χ3n) is 3.68. The minimum atomic E-state index is -0.0424. The van der Waals surface area contributed by atoms with Crippen molar-refractivity contribution in [1.82, 2.24) is 4.57 Å². The fraction of sp³-hybridized carbons (Fsp3) is 0.111. The molecule has 2 heteroatoms. The Hall–Kier alpha value is -2.48. The summed E-state index contributed by atoms with van der Waals surface area (Å²) in [5, 5.41) is 2.45. The van der Waals surface area contributed by atoms with Crippen LogP contribution in [0.1, 0.15) is 18.6 Å². The topological polar surface area (TPSA) is 14.2 Å². The quantitative estimate of drug-likeness (QED) is 0.596. The number of nitrogens with zero attached hydrogens (tertiary/aromatic N) is 1. The smallest absolute Gasteiger partial charge is 0.122 e. The summed E-state index contributed by atoms with van der Waals surface area (Å²) >= 11 is 0. The van der Waals surface area contributed by atoms with Crippen molar-refractivity contribution in [2.75, 3.05) is 0 Å². The summed E-state index contributed by atoms with van der Waals surface area (Å²) in [6.45, 7) is 9.62. The van der Waals surface area contributed by atoms with Crippen LogP contribution in [0.2, 0.25) is 0 Å². The second-order valence-corrected chi connectivity index (χ2v) is 4.76. The molecule has 2 aromatic carbocycles. The van der Waals surface area contributed by atoms with Gasteiger partial charge in [0.05, 0.1) is 17.3 Å². The molecule has 3 rings (SSSR count). The Kier molecular flexibility index (Phi) is 3.07. The van der Waals surface area contributed by atoms with E-state index in [-0.39, 0.29) is 6.10 Å². The van der Waals surface area contributed by atoms with Gasteiger partial charge < -0.3 is 9.30 Å². The summed E-state index contributed by atoms with van der Waals surface area (Å²) < 4.78 is 7.68. The molecule has 2 nitrogen and oxygen atoms in total. The van der Waals surface area contributed by atoms with Crippen molar-refractivity contribution in [2.45, 2.75) is 13.0 Å². The van der Waals surface area contributed by atoms with Crippen molar-refractivity contribution < 1.29 is 4.74 Å². The van der Waals surface area contributed by atoms with Gasteiger partial charge in [0, 0.05) is 22.5 Å². The molecule has 0 aliphatic carbocycles. The second-order valence-electron chi connectivity index (χ2n) is 4.76. The number of aromatic nitrogens is 1. The molecule has 20 heavy (non-hydrogen) atoms. The molecule has 1 unspecified atom stereocenters. The number of fused-ring (bicyclic) bond motifs is 3. The highest BCUT2D eigenvalue weighted by molar-refractivity contribution is 6.10. The average molecular weight is 263 g/mol. The lowest BCUT2D eigenvalue weighted by atomic mass is 10.1. The van der Waals surface area contributed by atoms with Gasteiger partial charge in [-0.3, -0.25) is 0 Å². The maximum atomic E-state index is 5.55. The molecule has 0 fully saturated rings. The van der Waals surface area contributed by atoms with Crippen LogP contribution in [0.4, 0.5) is 0 Å². The minimum Gasteiger partial charge on any atom is -0.494 e. The Morgan fingerprint density at radius 1 is 1.05 bits per heavy atom. The predicted molar refractivity (Wildman–Crippen MR) is 85.5 cm³/mol. The fourth-order valence-corrected chi connectivity index (χ4v) is 2.81. The van der Waals surface area contributed by atoms with E-state index < -0.39 is 0 Å². The van der Waals surface area contributed by atoms with Crippen molar-refractivity contribution in [2.24, 2.45) is 0 Å². The van der Waals surface area contributed by atoms with Gasteiger partial charge in [-0.15, -0.1) is 0 Å². The second kappa shape index (κ2) is 4.89. The molecule has 0 saturated heterocycles. The molecule has 0 bridgehead atoms. The third kappa shape index (κ3) is 1.73. The van der Waals surface area contributed by atoms with Gasteiger partial charge in [-0.25, -0.2) is 0 Å². The zero-order chi connectivity index (χ0) is 14.1. The van der Waals surface area contributed by atoms with Gasteiger partial charge in [0.15, 0.2) is 0 Å². The number of para-hydroxylation sites is 2. The highest BCUT2D eigenvalue weighted by atomic mass is 16.5. The summed E-state index contributed by atoms with van der Waals surface area (Å²) in [6.07, 6.45) is 3.30. The molecule has 0 saturated carbocycles. The predicted octanol–water partition coefficient (Wildman–Crippen LogP) is 5.12. The first-order valence-corrected chi connectivity index (χ1v) is 6.68. The van der Waals surface area contributed by atoms with Gasteiger partial charge in [-0.1, -0.05) is 49.6 Å². The lowest BCUT2D eigenvalue weighted by Gasteiger charge is -2.14. The lowest BCUT2D eigenvalue weighted by Crippen LogP contribution is -1.98. The van der Waals surface area contributed by atoms with Crippen molar-refractivity contribution >= 4 is 28.0 Å². The zero-order valence-corrected chi connectivity index (χ0v) is 11.5. The SMILES string of the molecule is C=COC(C)c1cccc2c3ccccc3n(C=C)c12. The largest absolute Gasteiger partial charge is 0.494 e. The van der Waals surface area contributed by atoms with Gasteiger partial charge >= 0.3 is 0 Å². The van der Waals surface area contributed by atoms with E-state index in [1.165, 1.54) is 17.0 Å². The van der Waals surface area contributed by atoms with E-state index in [2.05, 4.69) is 54.1 Å². The number of hydrogen-bond donors (Lipinski definition) is 0. The van der Waals surface area contributed by atoms with Crippen LogP contribution >= 0.6 is 0 Å². The first-order valence-electron chi connectivity index (χ1n) is 6.68. The van der Waals surface area contributed by atoms with E-state index in [1.807, 2.05) is 19.2 Å². The van der Waals surface area contributed by atoms with Gasteiger partial charge in [0.2, 0.25) is 0 Å². The normalized spacial score (nSPS) is 12.4. The minimum absolute atomic E-state index is 0.0424. The molecule has 0 radical (unpaired) electrons. The molecule has 100 valence electrons. The van der Waals surface area contributed by atoms with Crippen LogP contribution in [0.5, 0.6) is 0 Å². The van der Waals surface area contributed by atoms with E-state index in [1.54, 1.807) is 0 Å². The molecule has 1 heterocycles. The molecule has 1 aromatic heterocycles. The third-order valence-corrected chi connectivity index (χ3v) is 3.68. The summed E-state index contributed by atoms with van der Waals surface area (Å²) in [6, 6.07) is 14.7.